The number of nitrogens with zero attached hydrogens (tertiary/aromatic N) is 3. The fraction of sp³-hybridized carbons (Fsp3) is 0. The topological polar surface area (TPSA) is 38.7 Å². The lowest BCUT2D eigenvalue weighted by Crippen LogP contribution is -2.01. The summed E-state index contributed by atoms with van der Waals surface area (Å²) < 4.78 is 0. The average Bonchev–Trinajstić information content (AvgIpc) is 3.40. The molecule has 0 unspecified atom stereocenters. The monoisotopic (exact) mass is 839 g/mol. The van der Waals surface area contributed by atoms with Crippen molar-refractivity contribution in [3.8, 4) is 89.8 Å². The van der Waals surface area contributed by atoms with Crippen LogP contribution in [0.25, 0.3) is 122 Å². The molecule has 3 heteroatoms. The highest BCUT2D eigenvalue weighted by Crippen LogP contribution is 2.39. The minimum atomic E-state index is 0.612. The number of fused-ring (bicyclic) bond motifs is 3. The fourth-order valence-electron chi connectivity index (χ4n) is 9.52. The Morgan fingerprint density at radius 1 is 0.182 bits per heavy atom. The van der Waals surface area contributed by atoms with Crippen LogP contribution in [-0.2, 0) is 0 Å². The second-order valence-electron chi connectivity index (χ2n) is 16.7. The van der Waals surface area contributed by atoms with Crippen LogP contribution in [0.15, 0.2) is 249 Å². The molecule has 0 aliphatic heterocycles. The van der Waals surface area contributed by atoms with Gasteiger partial charge in [-0.05, 0) is 100 Å². The molecule has 0 aliphatic carbocycles. The molecular weight excluding hydrogens is 799 g/mol. The fourth-order valence-corrected chi connectivity index (χ4v) is 9.52. The molecule has 0 saturated carbocycles. The van der Waals surface area contributed by atoms with Gasteiger partial charge in [-0.1, -0.05) is 237 Å². The molecule has 0 bridgehead atoms. The third-order valence-corrected chi connectivity index (χ3v) is 12.8. The largest absolute Gasteiger partial charge is 0.208 e. The Morgan fingerprint density at radius 2 is 0.606 bits per heavy atom. The Morgan fingerprint density at radius 3 is 1.35 bits per heavy atom. The molecule has 1 heterocycles. The maximum atomic E-state index is 5.33. The van der Waals surface area contributed by atoms with Gasteiger partial charge in [-0.15, -0.1) is 0 Å². The molecule has 308 valence electrons. The lowest BCUT2D eigenvalue weighted by Gasteiger charge is -2.15. The van der Waals surface area contributed by atoms with Gasteiger partial charge in [0.25, 0.3) is 0 Å². The van der Waals surface area contributed by atoms with Crippen LogP contribution in [0.2, 0.25) is 0 Å². The minimum absolute atomic E-state index is 0.612. The van der Waals surface area contributed by atoms with E-state index in [0.29, 0.717) is 17.5 Å². The number of aromatic nitrogens is 3. The van der Waals surface area contributed by atoms with Gasteiger partial charge in [-0.3, -0.25) is 0 Å². The number of rotatable bonds is 8. The Bertz CT molecular complexity index is 3740. The van der Waals surface area contributed by atoms with Gasteiger partial charge in [0.05, 0.1) is 0 Å². The molecule has 12 aromatic rings. The Kier molecular flexibility index (Phi) is 9.85. The number of hydrogen-bond donors (Lipinski definition) is 0. The summed E-state index contributed by atoms with van der Waals surface area (Å²) >= 11 is 0. The van der Waals surface area contributed by atoms with Crippen LogP contribution >= 0.6 is 0 Å². The van der Waals surface area contributed by atoms with Gasteiger partial charge in [0.15, 0.2) is 17.5 Å². The summed E-state index contributed by atoms with van der Waals surface area (Å²) in [5.74, 6) is 1.84. The Balaban J connectivity index is 0.998. The average molecular weight is 840 g/mol. The highest BCUT2D eigenvalue weighted by atomic mass is 15.0. The zero-order valence-corrected chi connectivity index (χ0v) is 36.0. The van der Waals surface area contributed by atoms with Crippen molar-refractivity contribution >= 4 is 32.3 Å². The van der Waals surface area contributed by atoms with Gasteiger partial charge in [0.2, 0.25) is 0 Å². The molecule has 0 fully saturated rings. The summed E-state index contributed by atoms with van der Waals surface area (Å²) in [6, 6.07) is 88.4. The van der Waals surface area contributed by atoms with Crippen LogP contribution in [0.5, 0.6) is 0 Å². The number of benzene rings is 11. The van der Waals surface area contributed by atoms with E-state index in [1.807, 2.05) is 0 Å². The highest BCUT2D eigenvalue weighted by molar-refractivity contribution is 6.05. The summed E-state index contributed by atoms with van der Waals surface area (Å²) in [6.07, 6.45) is 0. The SMILES string of the molecule is c1ccc(-c2ccc3cccc(-c4ccc(-c5nc(-c6cccc(-c7cccc8c(-c9ccccc9)cccc78)c6)nc(-c6ccccc6-c6cccc7ccccc67)n5)cc4)c3c2)cc1. The van der Waals surface area contributed by atoms with Gasteiger partial charge in [0, 0.05) is 16.7 Å². The summed E-state index contributed by atoms with van der Waals surface area (Å²) in [5, 5.41) is 7.19. The quantitative estimate of drug-likeness (QED) is 0.153. The van der Waals surface area contributed by atoms with Crippen molar-refractivity contribution in [1.82, 2.24) is 15.0 Å². The van der Waals surface area contributed by atoms with Crippen molar-refractivity contribution in [2.45, 2.75) is 0 Å². The van der Waals surface area contributed by atoms with E-state index in [1.54, 1.807) is 0 Å². The van der Waals surface area contributed by atoms with Crippen molar-refractivity contribution < 1.29 is 0 Å². The zero-order valence-electron chi connectivity index (χ0n) is 36.0. The minimum Gasteiger partial charge on any atom is -0.208 e. The molecule has 0 radical (unpaired) electrons. The third-order valence-electron chi connectivity index (χ3n) is 12.8. The molecule has 0 spiro atoms. The van der Waals surface area contributed by atoms with Gasteiger partial charge in [-0.25, -0.2) is 15.0 Å². The Labute approximate surface area is 384 Å². The van der Waals surface area contributed by atoms with E-state index >= 15 is 0 Å². The maximum absolute atomic E-state index is 5.33. The van der Waals surface area contributed by atoms with E-state index in [1.165, 1.54) is 60.1 Å². The molecule has 1 aromatic heterocycles. The highest BCUT2D eigenvalue weighted by Gasteiger charge is 2.18. The first-order valence-corrected chi connectivity index (χ1v) is 22.4. The number of hydrogen-bond acceptors (Lipinski definition) is 3. The first-order chi connectivity index (χ1) is 32.7. The van der Waals surface area contributed by atoms with Crippen LogP contribution in [0.1, 0.15) is 0 Å². The smallest absolute Gasteiger partial charge is 0.164 e. The van der Waals surface area contributed by atoms with E-state index < -0.39 is 0 Å². The first-order valence-electron chi connectivity index (χ1n) is 22.4. The van der Waals surface area contributed by atoms with Gasteiger partial charge in [-0.2, -0.15) is 0 Å². The molecule has 3 nitrogen and oxygen atoms in total. The van der Waals surface area contributed by atoms with E-state index in [9.17, 15) is 0 Å². The summed E-state index contributed by atoms with van der Waals surface area (Å²) in [6.45, 7) is 0. The molecule has 0 amide bonds. The molecule has 0 atom stereocenters. The predicted octanol–water partition coefficient (Wildman–Crippen LogP) is 16.7. The van der Waals surface area contributed by atoms with Crippen LogP contribution in [0.4, 0.5) is 0 Å². The second-order valence-corrected chi connectivity index (χ2v) is 16.7. The molecule has 0 N–H and O–H groups in total. The van der Waals surface area contributed by atoms with Crippen LogP contribution in [0.3, 0.4) is 0 Å². The maximum Gasteiger partial charge on any atom is 0.164 e. The van der Waals surface area contributed by atoms with E-state index in [2.05, 4.69) is 249 Å². The summed E-state index contributed by atoms with van der Waals surface area (Å²) in [7, 11) is 0. The van der Waals surface area contributed by atoms with Crippen molar-refractivity contribution in [3.63, 3.8) is 0 Å². The van der Waals surface area contributed by atoms with Crippen LogP contribution < -0.4 is 0 Å². The molecule has 0 aliphatic rings. The van der Waals surface area contributed by atoms with E-state index in [4.69, 9.17) is 15.0 Å². The van der Waals surface area contributed by atoms with Crippen LogP contribution in [0, 0.1) is 0 Å². The third kappa shape index (κ3) is 7.19. The van der Waals surface area contributed by atoms with Crippen LogP contribution in [-0.4, -0.2) is 15.0 Å². The second kappa shape index (κ2) is 16.7. The van der Waals surface area contributed by atoms with E-state index in [-0.39, 0.29) is 0 Å². The summed E-state index contributed by atoms with van der Waals surface area (Å²) in [4.78, 5) is 15.9. The van der Waals surface area contributed by atoms with Gasteiger partial charge >= 0.3 is 0 Å². The molecule has 0 saturated heterocycles. The van der Waals surface area contributed by atoms with Crippen molar-refractivity contribution in [1.29, 1.82) is 0 Å². The molecule has 66 heavy (non-hydrogen) atoms. The zero-order chi connectivity index (χ0) is 43.8. The normalized spacial score (nSPS) is 11.3. The van der Waals surface area contributed by atoms with Crippen molar-refractivity contribution in [3.05, 3.63) is 249 Å². The van der Waals surface area contributed by atoms with E-state index in [0.717, 1.165) is 44.5 Å². The standard InChI is InChI=1S/C63H41N3/c1-3-16-42(17-4-1)48-39-36-45-22-12-28-53(60(45)41-48)46-34-37-47(38-35-46)61-64-62(66-63(65-61)59-27-10-9-26-58(59)56-31-13-21-44-20-7-8-25-51(44)56)50-24-11-23-49(40-50)54-30-15-32-55-52(29-14-33-57(54)55)43-18-5-2-6-19-43/h1-41H. The van der Waals surface area contributed by atoms with Crippen molar-refractivity contribution in [2.24, 2.45) is 0 Å². The molecule has 12 rings (SSSR count). The van der Waals surface area contributed by atoms with Gasteiger partial charge in [0.1, 0.15) is 0 Å². The van der Waals surface area contributed by atoms with Gasteiger partial charge < -0.3 is 0 Å². The molecular formula is C63H41N3. The summed E-state index contributed by atoms with van der Waals surface area (Å²) in [5.41, 5.74) is 14.3. The predicted molar refractivity (Wildman–Crippen MR) is 276 cm³/mol. The first kappa shape index (κ1) is 38.9. The van der Waals surface area contributed by atoms with Crippen molar-refractivity contribution in [2.75, 3.05) is 0 Å². The lowest BCUT2D eigenvalue weighted by atomic mass is 9.92. The lowest BCUT2D eigenvalue weighted by molar-refractivity contribution is 1.07. The Hall–Kier alpha value is -8.79. The molecule has 11 aromatic carbocycles.